The summed E-state index contributed by atoms with van der Waals surface area (Å²) in [5.74, 6) is -1.29. The molecule has 0 spiro atoms. The summed E-state index contributed by atoms with van der Waals surface area (Å²) in [6.07, 6.45) is -21.4. The number of hydrogen-bond donors (Lipinski definition) is 11. The number of amides is 2. The maximum atomic E-state index is 11.7. The van der Waals surface area contributed by atoms with Gasteiger partial charge in [0.1, 0.15) is 73.1 Å². The highest BCUT2D eigenvalue weighted by Crippen LogP contribution is 2.32. The highest BCUT2D eigenvalue weighted by atomic mass is 16.7. The summed E-state index contributed by atoms with van der Waals surface area (Å²) in [5.41, 5.74) is 0. The van der Waals surface area contributed by atoms with Crippen molar-refractivity contribution in [2.45, 2.75) is 106 Å². The van der Waals surface area contributed by atoms with E-state index >= 15 is 0 Å². The van der Waals surface area contributed by atoms with E-state index in [4.69, 9.17) is 23.7 Å². The normalized spacial score (nSPS) is 46.0. The van der Waals surface area contributed by atoms with Crippen LogP contribution in [0.2, 0.25) is 0 Å². The third-order valence-electron chi connectivity index (χ3n) is 6.90. The lowest BCUT2D eigenvalue weighted by molar-refractivity contribution is -0.367. The molecule has 3 fully saturated rings. The predicted molar refractivity (Wildman–Crippen MR) is 124 cm³/mol. The van der Waals surface area contributed by atoms with Crippen molar-refractivity contribution >= 4 is 11.8 Å². The lowest BCUT2D eigenvalue weighted by atomic mass is 9.94. The maximum Gasteiger partial charge on any atom is 0.217 e. The second kappa shape index (κ2) is 14.0. The quantitative estimate of drug-likeness (QED) is 0.120. The van der Waals surface area contributed by atoms with Gasteiger partial charge in [-0.25, -0.2) is 0 Å². The molecule has 0 bridgehead atoms. The third kappa shape index (κ3) is 7.05. The molecule has 3 aliphatic rings. The number of carbonyl (C=O) groups excluding carboxylic acids is 2. The Morgan fingerprint density at radius 3 is 1.65 bits per heavy atom. The average Bonchev–Trinajstić information content (AvgIpc) is 2.90. The van der Waals surface area contributed by atoms with Crippen molar-refractivity contribution < 1.29 is 79.2 Å². The Balaban J connectivity index is 1.85. The number of nitrogens with one attached hydrogen (secondary N) is 2. The van der Waals surface area contributed by atoms with Crippen LogP contribution in [0.15, 0.2) is 0 Å². The second-order valence-electron chi connectivity index (χ2n) is 9.81. The minimum absolute atomic E-state index is 0.631. The Hall–Kier alpha value is -1.62. The molecule has 0 aliphatic carbocycles. The zero-order valence-electron chi connectivity index (χ0n) is 21.7. The van der Waals surface area contributed by atoms with Crippen LogP contribution in [-0.4, -0.2) is 170 Å². The smallest absolute Gasteiger partial charge is 0.217 e. The molecule has 3 saturated heterocycles. The monoisotopic (exact) mass is 586 g/mol. The van der Waals surface area contributed by atoms with Crippen LogP contribution in [0.25, 0.3) is 0 Å². The minimum Gasteiger partial charge on any atom is -0.394 e. The van der Waals surface area contributed by atoms with E-state index in [0.29, 0.717) is 0 Å². The maximum absolute atomic E-state index is 11.7. The lowest BCUT2D eigenvalue weighted by Gasteiger charge is -2.48. The molecular weight excluding hydrogens is 548 g/mol. The first-order chi connectivity index (χ1) is 18.8. The van der Waals surface area contributed by atoms with E-state index in [1.54, 1.807) is 0 Å². The molecule has 18 heteroatoms. The summed E-state index contributed by atoms with van der Waals surface area (Å²) in [7, 11) is 0. The molecule has 0 aromatic rings. The molecule has 0 saturated carbocycles. The van der Waals surface area contributed by atoms with Crippen molar-refractivity contribution in [2.75, 3.05) is 19.8 Å². The van der Waals surface area contributed by atoms with Crippen LogP contribution in [-0.2, 0) is 33.3 Å². The molecule has 0 aromatic carbocycles. The molecule has 0 radical (unpaired) electrons. The van der Waals surface area contributed by atoms with Gasteiger partial charge in [-0.05, 0) is 0 Å². The van der Waals surface area contributed by atoms with Crippen molar-refractivity contribution in [3.63, 3.8) is 0 Å². The molecule has 0 aromatic heterocycles. The van der Waals surface area contributed by atoms with Gasteiger partial charge >= 0.3 is 0 Å². The number of rotatable bonds is 9. The number of aliphatic hydroxyl groups is 9. The first-order valence-corrected chi connectivity index (χ1v) is 12.6. The molecule has 11 unspecified atom stereocenters. The molecule has 40 heavy (non-hydrogen) atoms. The van der Waals surface area contributed by atoms with Gasteiger partial charge in [0.2, 0.25) is 11.8 Å². The van der Waals surface area contributed by atoms with Crippen LogP contribution in [0, 0.1) is 0 Å². The fourth-order valence-corrected chi connectivity index (χ4v) is 4.86. The van der Waals surface area contributed by atoms with Crippen LogP contribution < -0.4 is 10.6 Å². The van der Waals surface area contributed by atoms with Gasteiger partial charge in [0.05, 0.1) is 19.8 Å². The molecule has 232 valence electrons. The van der Waals surface area contributed by atoms with E-state index in [1.807, 2.05) is 0 Å². The Morgan fingerprint density at radius 1 is 0.600 bits per heavy atom. The Bertz CT molecular complexity index is 854. The molecular formula is C22H38N2O16. The van der Waals surface area contributed by atoms with Crippen molar-refractivity contribution in [2.24, 2.45) is 0 Å². The topological polar surface area (TPSA) is 286 Å². The van der Waals surface area contributed by atoms with Crippen LogP contribution in [0.1, 0.15) is 13.8 Å². The summed E-state index contributed by atoms with van der Waals surface area (Å²) < 4.78 is 27.5. The largest absolute Gasteiger partial charge is 0.394 e. The average molecular weight is 587 g/mol. The van der Waals surface area contributed by atoms with Gasteiger partial charge in [-0.15, -0.1) is 0 Å². The van der Waals surface area contributed by atoms with E-state index in [1.165, 1.54) is 0 Å². The Kier molecular flexibility index (Phi) is 11.5. The molecule has 3 aliphatic heterocycles. The molecule has 3 heterocycles. The van der Waals surface area contributed by atoms with Crippen molar-refractivity contribution in [1.82, 2.24) is 10.6 Å². The molecule has 3 rings (SSSR count). The number of ether oxygens (including phenoxy) is 5. The molecule has 2 amide bonds. The minimum atomic E-state index is -1.92. The SMILES string of the molecule is CC(=O)NC1C(O)[C@@H](O)C(CO)O[C@@H]1OC1C(O)C(OC2C(CO)O[C@@H](O)C(NC(C)=O)C2O)OC(CO)[C@@H]1O. The van der Waals surface area contributed by atoms with Gasteiger partial charge in [-0.1, -0.05) is 0 Å². The summed E-state index contributed by atoms with van der Waals surface area (Å²) in [4.78, 5) is 23.3. The van der Waals surface area contributed by atoms with E-state index in [0.717, 1.165) is 13.8 Å². The van der Waals surface area contributed by atoms with E-state index in [2.05, 4.69) is 10.6 Å². The van der Waals surface area contributed by atoms with Crippen molar-refractivity contribution in [3.8, 4) is 0 Å². The molecule has 18 nitrogen and oxygen atoms in total. The van der Waals surface area contributed by atoms with Gasteiger partial charge in [0, 0.05) is 13.8 Å². The van der Waals surface area contributed by atoms with E-state index in [-0.39, 0.29) is 0 Å². The van der Waals surface area contributed by atoms with Gasteiger partial charge in [0.25, 0.3) is 0 Å². The van der Waals surface area contributed by atoms with E-state index < -0.39 is 124 Å². The summed E-state index contributed by atoms with van der Waals surface area (Å²) in [6.45, 7) is -0.140. The predicted octanol–water partition coefficient (Wildman–Crippen LogP) is -7.29. The van der Waals surface area contributed by atoms with Crippen molar-refractivity contribution in [3.05, 3.63) is 0 Å². The fourth-order valence-electron chi connectivity index (χ4n) is 4.86. The number of hydrogen-bond acceptors (Lipinski definition) is 16. The molecule has 15 atom stereocenters. The first kappa shape index (κ1) is 32.9. The Morgan fingerprint density at radius 2 is 1.10 bits per heavy atom. The highest BCUT2D eigenvalue weighted by molar-refractivity contribution is 5.73. The van der Waals surface area contributed by atoms with Gasteiger partial charge in [-0.2, -0.15) is 0 Å². The van der Waals surface area contributed by atoms with E-state index in [9.17, 15) is 55.5 Å². The highest BCUT2D eigenvalue weighted by Gasteiger charge is 2.54. The lowest BCUT2D eigenvalue weighted by Crippen LogP contribution is -2.69. The van der Waals surface area contributed by atoms with Crippen LogP contribution >= 0.6 is 0 Å². The van der Waals surface area contributed by atoms with Gasteiger partial charge in [0.15, 0.2) is 18.9 Å². The van der Waals surface area contributed by atoms with Crippen LogP contribution in [0.3, 0.4) is 0 Å². The summed E-state index contributed by atoms with van der Waals surface area (Å²) in [6, 6.07) is -2.84. The Labute approximate surface area is 228 Å². The van der Waals surface area contributed by atoms with Gasteiger partial charge < -0.3 is 80.3 Å². The van der Waals surface area contributed by atoms with Gasteiger partial charge in [-0.3, -0.25) is 9.59 Å². The fraction of sp³-hybridized carbons (Fsp3) is 0.909. The summed E-state index contributed by atoms with van der Waals surface area (Å²) in [5, 5.41) is 97.2. The first-order valence-electron chi connectivity index (χ1n) is 12.6. The second-order valence-corrected chi connectivity index (χ2v) is 9.81. The van der Waals surface area contributed by atoms with Crippen molar-refractivity contribution in [1.29, 1.82) is 0 Å². The zero-order valence-corrected chi connectivity index (χ0v) is 21.7. The molecule has 11 N–H and O–H groups in total. The van der Waals surface area contributed by atoms with Crippen LogP contribution in [0.4, 0.5) is 0 Å². The zero-order chi connectivity index (χ0) is 29.9. The number of aliphatic hydroxyl groups excluding tert-OH is 9. The summed E-state index contributed by atoms with van der Waals surface area (Å²) >= 11 is 0. The number of carbonyl (C=O) groups is 2. The third-order valence-corrected chi connectivity index (χ3v) is 6.90. The standard InChI is InChI=1S/C22H38N2O16/c1-6(28)23-11-16(33)18(10(5-27)36-20(11)35)39-22-17(34)19(14(31)9(4-26)38-22)40-21-12(24-7(2)29)15(32)13(30)8(3-25)37-21/h8-22,25-27,30-35H,3-5H2,1-2H3,(H,23,28)(H,24,29)/t8?,9?,10?,11?,12?,13-,14-,15?,16?,17?,18?,19?,20+,21+,22?/m0/s1. The van der Waals surface area contributed by atoms with Crippen LogP contribution in [0.5, 0.6) is 0 Å².